The Hall–Kier alpha value is -3.43. The number of fused-ring (bicyclic) bond motifs is 1. The first kappa shape index (κ1) is 25.2. The monoisotopic (exact) mass is 505 g/mol. The first-order valence-corrected chi connectivity index (χ1v) is 13.0. The maximum Gasteiger partial charge on any atom is 0.253 e. The molecule has 9 nitrogen and oxygen atoms in total. The summed E-state index contributed by atoms with van der Waals surface area (Å²) in [6, 6.07) is 16.6. The van der Waals surface area contributed by atoms with E-state index in [1.807, 2.05) is 35.2 Å². The fourth-order valence-electron chi connectivity index (χ4n) is 5.59. The molecular formula is C28H35N5O4. The fourth-order valence-corrected chi connectivity index (χ4v) is 5.59. The Balaban J connectivity index is 1.28. The van der Waals surface area contributed by atoms with Gasteiger partial charge in [-0.05, 0) is 50.2 Å². The van der Waals surface area contributed by atoms with Crippen molar-refractivity contribution in [3.63, 3.8) is 0 Å². The third-order valence-electron chi connectivity index (χ3n) is 7.82. The summed E-state index contributed by atoms with van der Waals surface area (Å²) in [5, 5.41) is 1.62. The molecule has 3 aliphatic rings. The van der Waals surface area contributed by atoms with E-state index < -0.39 is 0 Å². The largest absolute Gasteiger partial charge is 0.497 e. The van der Waals surface area contributed by atoms with Gasteiger partial charge in [-0.3, -0.25) is 19.3 Å². The van der Waals surface area contributed by atoms with E-state index in [4.69, 9.17) is 4.74 Å². The van der Waals surface area contributed by atoms with Crippen molar-refractivity contribution in [1.29, 1.82) is 0 Å². The van der Waals surface area contributed by atoms with Gasteiger partial charge in [-0.15, -0.1) is 0 Å². The molecule has 0 saturated carbocycles. The van der Waals surface area contributed by atoms with Gasteiger partial charge in [-0.1, -0.05) is 18.2 Å². The highest BCUT2D eigenvalue weighted by Gasteiger charge is 2.52. The van der Waals surface area contributed by atoms with Crippen LogP contribution in [-0.4, -0.2) is 90.9 Å². The van der Waals surface area contributed by atoms with Gasteiger partial charge in [0.1, 0.15) is 5.75 Å². The van der Waals surface area contributed by atoms with Crippen molar-refractivity contribution < 1.29 is 19.1 Å². The van der Waals surface area contributed by atoms with Crippen molar-refractivity contribution in [3.8, 4) is 5.75 Å². The number of likely N-dealkylation sites (tertiary alicyclic amines) is 1. The van der Waals surface area contributed by atoms with E-state index >= 15 is 0 Å². The molecule has 5 rings (SSSR count). The average Bonchev–Trinajstić information content (AvgIpc) is 3.28. The van der Waals surface area contributed by atoms with Gasteiger partial charge in [-0.25, -0.2) is 10.4 Å². The number of amides is 3. The number of hydrogen-bond donors (Lipinski definition) is 1. The summed E-state index contributed by atoms with van der Waals surface area (Å²) in [4.78, 5) is 46.1. The molecule has 3 amide bonds. The van der Waals surface area contributed by atoms with Gasteiger partial charge in [-0.2, -0.15) is 0 Å². The van der Waals surface area contributed by atoms with Gasteiger partial charge in [0, 0.05) is 50.9 Å². The van der Waals surface area contributed by atoms with Crippen LogP contribution >= 0.6 is 0 Å². The minimum Gasteiger partial charge on any atom is -0.497 e. The SMILES string of the molecule is COc1ccc(C(=O)N2CCN(C(=O)C3CN(C(C)C)CC4C(=O)N(c5ccccc5)NC34)CC2)cc1. The number of piperidine rings is 1. The van der Waals surface area contributed by atoms with Gasteiger partial charge in [0.2, 0.25) is 11.8 Å². The van der Waals surface area contributed by atoms with E-state index in [2.05, 4.69) is 24.2 Å². The highest BCUT2D eigenvalue weighted by molar-refractivity contribution is 5.98. The second-order valence-corrected chi connectivity index (χ2v) is 10.3. The average molecular weight is 506 g/mol. The number of carbonyl (C=O) groups is 3. The number of ether oxygens (including phenoxy) is 1. The molecule has 0 spiro atoms. The van der Waals surface area contributed by atoms with Gasteiger partial charge in [0.25, 0.3) is 5.91 Å². The van der Waals surface area contributed by atoms with E-state index in [0.29, 0.717) is 50.6 Å². The Labute approximate surface area is 217 Å². The lowest BCUT2D eigenvalue weighted by Gasteiger charge is -2.43. The summed E-state index contributed by atoms with van der Waals surface area (Å²) in [5.41, 5.74) is 4.78. The van der Waals surface area contributed by atoms with Crippen LogP contribution in [0.5, 0.6) is 5.75 Å². The minimum atomic E-state index is -0.345. The maximum atomic E-state index is 13.8. The molecule has 3 atom stereocenters. The molecule has 9 heteroatoms. The highest BCUT2D eigenvalue weighted by Crippen LogP contribution is 2.33. The predicted molar refractivity (Wildman–Crippen MR) is 140 cm³/mol. The Morgan fingerprint density at radius 1 is 0.919 bits per heavy atom. The summed E-state index contributed by atoms with van der Waals surface area (Å²) in [7, 11) is 1.60. The standard InChI is InChI=1S/C28H35N5O4/c1-19(2)32-17-23(25-24(18-32)28(36)33(29-25)21-7-5-4-6-8-21)27(35)31-15-13-30(14-16-31)26(34)20-9-11-22(37-3)12-10-20/h4-12,19,23-25,29H,13-18H2,1-3H3. The molecule has 3 saturated heterocycles. The van der Waals surface area contributed by atoms with E-state index in [9.17, 15) is 14.4 Å². The van der Waals surface area contributed by atoms with Crippen LogP contribution in [0.3, 0.4) is 0 Å². The van der Waals surface area contributed by atoms with Crippen LogP contribution in [0.2, 0.25) is 0 Å². The summed E-state index contributed by atoms with van der Waals surface area (Å²) in [6.45, 7) is 7.36. The summed E-state index contributed by atoms with van der Waals surface area (Å²) < 4.78 is 5.18. The Kier molecular flexibility index (Phi) is 7.17. The van der Waals surface area contributed by atoms with Crippen molar-refractivity contribution in [2.45, 2.75) is 25.9 Å². The number of nitrogens with one attached hydrogen (secondary N) is 1. The first-order chi connectivity index (χ1) is 17.9. The van der Waals surface area contributed by atoms with Crippen LogP contribution in [0.15, 0.2) is 54.6 Å². The lowest BCUT2D eigenvalue weighted by Crippen LogP contribution is -2.60. The molecule has 3 heterocycles. The van der Waals surface area contributed by atoms with Crippen molar-refractivity contribution in [1.82, 2.24) is 20.1 Å². The molecule has 37 heavy (non-hydrogen) atoms. The molecule has 196 valence electrons. The number of nitrogens with zero attached hydrogens (tertiary/aromatic N) is 4. The van der Waals surface area contributed by atoms with Gasteiger partial charge >= 0.3 is 0 Å². The zero-order valence-electron chi connectivity index (χ0n) is 21.7. The fraction of sp³-hybridized carbons (Fsp3) is 0.464. The molecule has 2 aromatic rings. The van der Waals surface area contributed by atoms with Crippen molar-refractivity contribution in [2.75, 3.05) is 51.4 Å². The van der Waals surface area contributed by atoms with Crippen LogP contribution in [0.4, 0.5) is 5.69 Å². The molecular weight excluding hydrogens is 470 g/mol. The number of anilines is 1. The molecule has 3 aliphatic heterocycles. The van der Waals surface area contributed by atoms with Crippen molar-refractivity contribution in [2.24, 2.45) is 11.8 Å². The maximum absolute atomic E-state index is 13.8. The van der Waals surface area contributed by atoms with Gasteiger partial charge < -0.3 is 14.5 Å². The molecule has 0 radical (unpaired) electrons. The van der Waals surface area contributed by atoms with Crippen LogP contribution < -0.4 is 15.2 Å². The lowest BCUT2D eigenvalue weighted by molar-refractivity contribution is -0.141. The smallest absolute Gasteiger partial charge is 0.253 e. The van der Waals surface area contributed by atoms with Crippen LogP contribution in [0.25, 0.3) is 0 Å². The van der Waals surface area contributed by atoms with Gasteiger partial charge in [0.05, 0.1) is 30.7 Å². The van der Waals surface area contributed by atoms with Crippen LogP contribution in [0.1, 0.15) is 24.2 Å². The lowest BCUT2D eigenvalue weighted by atomic mass is 9.83. The molecule has 0 bridgehead atoms. The van der Waals surface area contributed by atoms with E-state index in [0.717, 1.165) is 5.69 Å². The zero-order valence-corrected chi connectivity index (χ0v) is 21.7. The van der Waals surface area contributed by atoms with E-state index in [1.165, 1.54) is 0 Å². The predicted octanol–water partition coefficient (Wildman–Crippen LogP) is 1.86. The number of rotatable bonds is 5. The third kappa shape index (κ3) is 4.93. The zero-order chi connectivity index (χ0) is 26.1. The quantitative estimate of drug-likeness (QED) is 0.668. The van der Waals surface area contributed by atoms with Crippen molar-refractivity contribution in [3.05, 3.63) is 60.2 Å². The van der Waals surface area contributed by atoms with E-state index in [1.54, 1.807) is 41.3 Å². The highest BCUT2D eigenvalue weighted by atomic mass is 16.5. The number of carbonyl (C=O) groups excluding carboxylic acids is 3. The normalized spacial score (nSPS) is 24.4. The number of methoxy groups -OCH3 is 1. The third-order valence-corrected chi connectivity index (χ3v) is 7.82. The number of para-hydroxylation sites is 1. The number of hydrogen-bond acceptors (Lipinski definition) is 6. The second-order valence-electron chi connectivity index (χ2n) is 10.3. The topological polar surface area (TPSA) is 85.4 Å². The summed E-state index contributed by atoms with van der Waals surface area (Å²) in [6.07, 6.45) is 0. The van der Waals surface area contributed by atoms with Gasteiger partial charge in [0.15, 0.2) is 0 Å². The number of benzene rings is 2. The molecule has 1 N–H and O–H groups in total. The number of hydrazine groups is 1. The Morgan fingerprint density at radius 2 is 1.57 bits per heavy atom. The Bertz CT molecular complexity index is 1130. The van der Waals surface area contributed by atoms with Crippen LogP contribution in [-0.2, 0) is 9.59 Å². The molecule has 0 aliphatic carbocycles. The number of piperazine rings is 1. The second kappa shape index (κ2) is 10.5. The first-order valence-electron chi connectivity index (χ1n) is 13.0. The summed E-state index contributed by atoms with van der Waals surface area (Å²) >= 11 is 0. The molecule has 2 aromatic carbocycles. The van der Waals surface area contributed by atoms with Crippen molar-refractivity contribution >= 4 is 23.4 Å². The Morgan fingerprint density at radius 3 is 2.19 bits per heavy atom. The minimum absolute atomic E-state index is 0.00857. The van der Waals surface area contributed by atoms with Crippen LogP contribution in [0, 0.1) is 11.8 Å². The summed E-state index contributed by atoms with van der Waals surface area (Å²) in [5.74, 6) is 0.0883. The van der Waals surface area contributed by atoms with E-state index in [-0.39, 0.29) is 41.6 Å². The molecule has 3 fully saturated rings. The molecule has 3 unspecified atom stereocenters. The molecule has 0 aromatic heterocycles.